The number of rotatable bonds is 4. The summed E-state index contributed by atoms with van der Waals surface area (Å²) in [4.78, 5) is 23.6. The number of nitrogens with two attached hydrogens (primary N) is 1. The van der Waals surface area contributed by atoms with E-state index in [2.05, 4.69) is 0 Å². The Bertz CT molecular complexity index is 283. The Morgan fingerprint density at radius 1 is 1.47 bits per heavy atom. The van der Waals surface area contributed by atoms with Gasteiger partial charge in [-0.25, -0.2) is 4.79 Å². The van der Waals surface area contributed by atoms with Crippen molar-refractivity contribution in [1.29, 1.82) is 0 Å². The zero-order valence-corrected chi connectivity index (χ0v) is 10.1. The maximum Gasteiger partial charge on any atom is 0.409 e. The van der Waals surface area contributed by atoms with Crippen LogP contribution in [-0.2, 0) is 9.53 Å². The third kappa shape index (κ3) is 4.60. The van der Waals surface area contributed by atoms with Gasteiger partial charge in [-0.05, 0) is 25.7 Å². The molecule has 1 rings (SSSR count). The van der Waals surface area contributed by atoms with Gasteiger partial charge in [0.1, 0.15) is 0 Å². The molecule has 2 atom stereocenters. The number of hydrogen-bond acceptors (Lipinski definition) is 4. The Morgan fingerprint density at radius 3 is 2.76 bits per heavy atom. The van der Waals surface area contributed by atoms with Crippen molar-refractivity contribution < 1.29 is 19.4 Å². The van der Waals surface area contributed by atoms with Gasteiger partial charge in [0.15, 0.2) is 0 Å². The van der Waals surface area contributed by atoms with Crippen molar-refractivity contribution in [2.45, 2.75) is 32.2 Å². The Labute approximate surface area is 101 Å². The monoisotopic (exact) mass is 244 g/mol. The van der Waals surface area contributed by atoms with Crippen LogP contribution in [0.2, 0.25) is 0 Å². The van der Waals surface area contributed by atoms with Crippen LogP contribution in [0.3, 0.4) is 0 Å². The summed E-state index contributed by atoms with van der Waals surface area (Å²) in [5.41, 5.74) is 5.86. The first-order valence-electron chi connectivity index (χ1n) is 5.92. The second kappa shape index (κ2) is 6.44. The van der Waals surface area contributed by atoms with E-state index < -0.39 is 5.97 Å². The van der Waals surface area contributed by atoms with Crippen molar-refractivity contribution in [3.63, 3.8) is 0 Å². The predicted molar refractivity (Wildman–Crippen MR) is 61.5 cm³/mol. The summed E-state index contributed by atoms with van der Waals surface area (Å²) >= 11 is 0. The van der Waals surface area contributed by atoms with Gasteiger partial charge in [-0.2, -0.15) is 0 Å². The number of carboxylic acids is 1. The minimum Gasteiger partial charge on any atom is -0.481 e. The number of ether oxygens (including phenoxy) is 1. The molecular weight excluding hydrogens is 224 g/mol. The molecule has 1 amide bonds. The number of carboxylic acid groups (broad SMARTS) is 1. The molecule has 0 saturated carbocycles. The van der Waals surface area contributed by atoms with Gasteiger partial charge in [0.2, 0.25) is 0 Å². The molecule has 0 radical (unpaired) electrons. The van der Waals surface area contributed by atoms with Gasteiger partial charge in [-0.1, -0.05) is 0 Å². The molecule has 0 spiro atoms. The zero-order chi connectivity index (χ0) is 12.8. The maximum atomic E-state index is 11.6. The second-order valence-electron chi connectivity index (χ2n) is 4.40. The molecule has 17 heavy (non-hydrogen) atoms. The highest BCUT2D eigenvalue weighted by Gasteiger charge is 2.28. The van der Waals surface area contributed by atoms with E-state index in [1.807, 2.05) is 0 Å². The van der Waals surface area contributed by atoms with Crippen molar-refractivity contribution in [1.82, 2.24) is 4.90 Å². The average Bonchev–Trinajstić information content (AvgIpc) is 2.26. The first-order valence-corrected chi connectivity index (χ1v) is 5.92. The van der Waals surface area contributed by atoms with Gasteiger partial charge in [-0.3, -0.25) is 4.79 Å². The molecule has 0 aliphatic carbocycles. The lowest BCUT2D eigenvalue weighted by Gasteiger charge is -2.35. The summed E-state index contributed by atoms with van der Waals surface area (Å²) < 4.78 is 4.92. The molecule has 0 aromatic rings. The third-order valence-electron chi connectivity index (χ3n) is 2.86. The second-order valence-corrected chi connectivity index (χ2v) is 4.40. The molecule has 0 aromatic carbocycles. The summed E-state index contributed by atoms with van der Waals surface area (Å²) in [7, 11) is 0. The summed E-state index contributed by atoms with van der Waals surface area (Å²) in [6.07, 6.45) is 1.08. The van der Waals surface area contributed by atoms with Gasteiger partial charge < -0.3 is 20.5 Å². The molecule has 1 heterocycles. The Kier molecular flexibility index (Phi) is 5.21. The van der Waals surface area contributed by atoms with Gasteiger partial charge in [0.05, 0.1) is 6.61 Å². The number of carbonyl (C=O) groups is 2. The highest BCUT2D eigenvalue weighted by molar-refractivity contribution is 5.68. The summed E-state index contributed by atoms with van der Waals surface area (Å²) in [5, 5.41) is 8.63. The van der Waals surface area contributed by atoms with Gasteiger partial charge in [0.25, 0.3) is 0 Å². The minimum atomic E-state index is -0.813. The van der Waals surface area contributed by atoms with E-state index >= 15 is 0 Å². The van der Waals surface area contributed by atoms with Crippen LogP contribution in [0.5, 0.6) is 0 Å². The number of aliphatic carboxylic acids is 1. The van der Waals surface area contributed by atoms with Crippen molar-refractivity contribution >= 4 is 12.1 Å². The lowest BCUT2D eigenvalue weighted by molar-refractivity contribution is -0.137. The van der Waals surface area contributed by atoms with Crippen LogP contribution >= 0.6 is 0 Å². The van der Waals surface area contributed by atoms with Crippen molar-refractivity contribution in [2.75, 3.05) is 19.7 Å². The molecule has 1 fully saturated rings. The van der Waals surface area contributed by atoms with E-state index in [1.54, 1.807) is 11.8 Å². The van der Waals surface area contributed by atoms with E-state index in [0.29, 0.717) is 26.1 Å². The number of nitrogens with zero attached hydrogens (tertiary/aromatic N) is 1. The highest BCUT2D eigenvalue weighted by Crippen LogP contribution is 2.21. The Balaban J connectivity index is 2.46. The molecule has 1 saturated heterocycles. The lowest BCUT2D eigenvalue weighted by Crippen LogP contribution is -2.49. The lowest BCUT2D eigenvalue weighted by atomic mass is 9.91. The molecule has 0 bridgehead atoms. The standard InChI is InChI=1S/C11H20N2O4/c1-2-17-11(16)13-6-8(3-4-10(14)15)5-9(12)7-13/h8-9H,2-7,12H2,1H3,(H,14,15). The normalized spacial score (nSPS) is 24.5. The molecule has 1 aliphatic rings. The average molecular weight is 244 g/mol. The van der Waals surface area contributed by atoms with Gasteiger partial charge in [0, 0.05) is 25.6 Å². The van der Waals surface area contributed by atoms with E-state index in [9.17, 15) is 9.59 Å². The molecule has 1 aliphatic heterocycles. The van der Waals surface area contributed by atoms with E-state index in [-0.39, 0.29) is 24.5 Å². The van der Waals surface area contributed by atoms with E-state index in [4.69, 9.17) is 15.6 Å². The predicted octanol–water partition coefficient (Wildman–Crippen LogP) is 0.657. The Hall–Kier alpha value is -1.30. The third-order valence-corrected chi connectivity index (χ3v) is 2.86. The number of amides is 1. The number of piperidine rings is 1. The van der Waals surface area contributed by atoms with Gasteiger partial charge >= 0.3 is 12.1 Å². The van der Waals surface area contributed by atoms with E-state index in [1.165, 1.54) is 0 Å². The van der Waals surface area contributed by atoms with Crippen molar-refractivity contribution in [3.8, 4) is 0 Å². The first-order chi connectivity index (χ1) is 8.02. The van der Waals surface area contributed by atoms with Crippen LogP contribution in [0, 0.1) is 5.92 Å². The van der Waals surface area contributed by atoms with Crippen LogP contribution in [0.25, 0.3) is 0 Å². The number of likely N-dealkylation sites (tertiary alicyclic amines) is 1. The molecule has 3 N–H and O–H groups in total. The summed E-state index contributed by atoms with van der Waals surface area (Å²) in [5.74, 6) is -0.661. The van der Waals surface area contributed by atoms with Crippen LogP contribution in [0.4, 0.5) is 4.79 Å². The van der Waals surface area contributed by atoms with Crippen LogP contribution in [-0.4, -0.2) is 47.8 Å². The fourth-order valence-electron chi connectivity index (χ4n) is 2.15. The number of hydrogen-bond donors (Lipinski definition) is 2. The quantitative estimate of drug-likeness (QED) is 0.757. The van der Waals surface area contributed by atoms with Crippen molar-refractivity contribution in [3.05, 3.63) is 0 Å². The highest BCUT2D eigenvalue weighted by atomic mass is 16.6. The molecule has 6 nitrogen and oxygen atoms in total. The molecule has 2 unspecified atom stereocenters. The summed E-state index contributed by atoms with van der Waals surface area (Å²) in [6, 6.07) is -0.0908. The molecular formula is C11H20N2O4. The maximum absolute atomic E-state index is 11.6. The summed E-state index contributed by atoms with van der Waals surface area (Å²) in [6.45, 7) is 3.12. The van der Waals surface area contributed by atoms with Crippen LogP contribution in [0.15, 0.2) is 0 Å². The van der Waals surface area contributed by atoms with Gasteiger partial charge in [-0.15, -0.1) is 0 Å². The first kappa shape index (κ1) is 13.8. The fraction of sp³-hybridized carbons (Fsp3) is 0.818. The largest absolute Gasteiger partial charge is 0.481 e. The van der Waals surface area contributed by atoms with Crippen molar-refractivity contribution in [2.24, 2.45) is 11.7 Å². The van der Waals surface area contributed by atoms with E-state index in [0.717, 1.165) is 6.42 Å². The Morgan fingerprint density at radius 2 is 2.18 bits per heavy atom. The smallest absolute Gasteiger partial charge is 0.409 e. The topological polar surface area (TPSA) is 92.9 Å². The van der Waals surface area contributed by atoms with Crippen LogP contribution in [0.1, 0.15) is 26.2 Å². The minimum absolute atomic E-state index is 0.0908. The molecule has 6 heteroatoms. The van der Waals surface area contributed by atoms with Crippen LogP contribution < -0.4 is 5.73 Å². The molecule has 98 valence electrons. The SMILES string of the molecule is CCOC(=O)N1CC(N)CC(CCC(=O)O)C1. The number of carbonyl (C=O) groups excluding carboxylic acids is 1. The fourth-order valence-corrected chi connectivity index (χ4v) is 2.15. The zero-order valence-electron chi connectivity index (χ0n) is 10.1. The molecule has 0 aromatic heterocycles.